The molecular formula is C20H38O3. The van der Waals surface area contributed by atoms with Crippen molar-refractivity contribution in [3.63, 3.8) is 0 Å². The van der Waals surface area contributed by atoms with Crippen LogP contribution in [0.4, 0.5) is 0 Å². The maximum Gasteiger partial charge on any atom is 0.157 e. The summed E-state index contributed by atoms with van der Waals surface area (Å²) in [6.45, 7) is 10.9. The lowest BCUT2D eigenvalue weighted by molar-refractivity contribution is -0.168. The molecule has 3 nitrogen and oxygen atoms in total. The largest absolute Gasteiger partial charge is 0.367 e. The first-order chi connectivity index (χ1) is 11.0. The van der Waals surface area contributed by atoms with Crippen molar-refractivity contribution in [3.8, 4) is 0 Å². The Morgan fingerprint density at radius 2 is 1.78 bits per heavy atom. The highest BCUT2D eigenvalue weighted by molar-refractivity contribution is 4.95. The molecule has 3 heteroatoms. The van der Waals surface area contributed by atoms with Crippen LogP contribution in [-0.2, 0) is 14.2 Å². The summed E-state index contributed by atoms with van der Waals surface area (Å²) in [6.07, 6.45) is 11.9. The zero-order valence-electron chi connectivity index (χ0n) is 15.8. The molecule has 0 saturated carbocycles. The van der Waals surface area contributed by atoms with Crippen LogP contribution >= 0.6 is 0 Å². The lowest BCUT2D eigenvalue weighted by Crippen LogP contribution is -2.24. The van der Waals surface area contributed by atoms with Gasteiger partial charge in [0.2, 0.25) is 0 Å². The third-order valence-corrected chi connectivity index (χ3v) is 5.72. The molecule has 5 atom stereocenters. The van der Waals surface area contributed by atoms with E-state index in [1.807, 2.05) is 0 Å². The Balaban J connectivity index is 1.43. The van der Waals surface area contributed by atoms with E-state index < -0.39 is 0 Å². The van der Waals surface area contributed by atoms with E-state index in [4.69, 9.17) is 14.2 Å². The molecule has 2 aliphatic heterocycles. The highest BCUT2D eigenvalue weighted by Gasteiger charge is 2.47. The van der Waals surface area contributed by atoms with E-state index in [9.17, 15) is 0 Å². The van der Waals surface area contributed by atoms with Crippen LogP contribution in [0.2, 0.25) is 0 Å². The van der Waals surface area contributed by atoms with Crippen molar-refractivity contribution in [2.24, 2.45) is 11.8 Å². The van der Waals surface area contributed by atoms with E-state index >= 15 is 0 Å². The summed E-state index contributed by atoms with van der Waals surface area (Å²) in [4.78, 5) is 0. The quantitative estimate of drug-likeness (QED) is 0.481. The Hall–Kier alpha value is -0.120. The van der Waals surface area contributed by atoms with Crippen LogP contribution < -0.4 is 0 Å². The molecule has 2 rings (SSSR count). The number of hydrogen-bond donors (Lipinski definition) is 0. The molecule has 0 aromatic carbocycles. The average Bonchev–Trinajstić information content (AvgIpc) is 3.13. The third kappa shape index (κ3) is 7.11. The van der Waals surface area contributed by atoms with Crippen molar-refractivity contribution in [3.05, 3.63) is 0 Å². The van der Waals surface area contributed by atoms with Gasteiger partial charge in [0.05, 0.1) is 18.3 Å². The standard InChI is InChI=1S/C20H38O3/c1-16(11-8-13-20(4)18(3)23-20)9-7-10-17(2)15-22-19-12-5-6-14-21-19/h16-19H,5-15H2,1-4H3. The van der Waals surface area contributed by atoms with Crippen molar-refractivity contribution >= 4 is 0 Å². The first kappa shape index (κ1) is 19.2. The fourth-order valence-corrected chi connectivity index (χ4v) is 3.59. The summed E-state index contributed by atoms with van der Waals surface area (Å²) >= 11 is 0. The highest BCUT2D eigenvalue weighted by Crippen LogP contribution is 2.40. The molecule has 136 valence electrons. The smallest absolute Gasteiger partial charge is 0.157 e. The minimum atomic E-state index is 0.0681. The van der Waals surface area contributed by atoms with Gasteiger partial charge in [0.15, 0.2) is 6.29 Å². The predicted molar refractivity (Wildman–Crippen MR) is 94.5 cm³/mol. The fourth-order valence-electron chi connectivity index (χ4n) is 3.59. The van der Waals surface area contributed by atoms with Gasteiger partial charge in [-0.05, 0) is 57.8 Å². The third-order valence-electron chi connectivity index (χ3n) is 5.72. The molecule has 5 unspecified atom stereocenters. The molecule has 0 amide bonds. The molecule has 2 aliphatic rings. The molecule has 2 fully saturated rings. The molecule has 2 heterocycles. The number of ether oxygens (including phenoxy) is 3. The molecule has 0 aromatic heterocycles. The van der Waals surface area contributed by atoms with E-state index in [2.05, 4.69) is 27.7 Å². The van der Waals surface area contributed by atoms with Crippen LogP contribution in [0.1, 0.15) is 85.5 Å². The number of epoxide rings is 1. The molecule has 0 N–H and O–H groups in total. The lowest BCUT2D eigenvalue weighted by atomic mass is 9.92. The van der Waals surface area contributed by atoms with Crippen molar-refractivity contribution in [1.29, 1.82) is 0 Å². The SMILES string of the molecule is CC(CCCC(C)COC1CCCCO1)CCCC1(C)OC1C. The highest BCUT2D eigenvalue weighted by atomic mass is 16.7. The second-order valence-corrected chi connectivity index (χ2v) is 8.24. The summed E-state index contributed by atoms with van der Waals surface area (Å²) in [6, 6.07) is 0. The van der Waals surface area contributed by atoms with Gasteiger partial charge in [-0.25, -0.2) is 0 Å². The van der Waals surface area contributed by atoms with Gasteiger partial charge in [-0.2, -0.15) is 0 Å². The zero-order valence-corrected chi connectivity index (χ0v) is 15.8. The minimum Gasteiger partial charge on any atom is -0.367 e. The molecular weight excluding hydrogens is 288 g/mol. The predicted octanol–water partition coefficient (Wildman–Crippen LogP) is 5.32. The van der Waals surface area contributed by atoms with Gasteiger partial charge in [0.1, 0.15) is 0 Å². The average molecular weight is 327 g/mol. The van der Waals surface area contributed by atoms with Gasteiger partial charge in [-0.15, -0.1) is 0 Å². The van der Waals surface area contributed by atoms with E-state index in [0.29, 0.717) is 12.0 Å². The molecule has 2 saturated heterocycles. The first-order valence-electron chi connectivity index (χ1n) is 9.90. The molecule has 0 spiro atoms. The van der Waals surface area contributed by atoms with Crippen molar-refractivity contribution in [1.82, 2.24) is 0 Å². The lowest BCUT2D eigenvalue weighted by Gasteiger charge is -2.24. The topological polar surface area (TPSA) is 31.0 Å². The van der Waals surface area contributed by atoms with Gasteiger partial charge in [-0.1, -0.05) is 39.5 Å². The number of rotatable bonds is 11. The summed E-state index contributed by atoms with van der Waals surface area (Å²) in [7, 11) is 0. The Bertz CT molecular complexity index is 327. The van der Waals surface area contributed by atoms with Crippen LogP contribution in [0.15, 0.2) is 0 Å². The van der Waals surface area contributed by atoms with Crippen LogP contribution in [0, 0.1) is 11.8 Å². The van der Waals surface area contributed by atoms with Crippen molar-refractivity contribution in [2.45, 2.75) is 103 Å². The Labute approximate surface area is 143 Å². The maximum atomic E-state index is 5.89. The van der Waals surface area contributed by atoms with Gasteiger partial charge in [-0.3, -0.25) is 0 Å². The van der Waals surface area contributed by atoms with E-state index in [-0.39, 0.29) is 11.9 Å². The summed E-state index contributed by atoms with van der Waals surface area (Å²) in [5.41, 5.74) is 0.201. The summed E-state index contributed by atoms with van der Waals surface area (Å²) < 4.78 is 17.2. The Morgan fingerprint density at radius 1 is 1.09 bits per heavy atom. The molecule has 0 radical (unpaired) electrons. The molecule has 0 aromatic rings. The van der Waals surface area contributed by atoms with E-state index in [1.54, 1.807) is 0 Å². The van der Waals surface area contributed by atoms with Crippen LogP contribution in [-0.4, -0.2) is 31.2 Å². The minimum absolute atomic E-state index is 0.0681. The van der Waals surface area contributed by atoms with E-state index in [0.717, 1.165) is 25.6 Å². The molecule has 0 bridgehead atoms. The van der Waals surface area contributed by atoms with Crippen molar-refractivity contribution in [2.75, 3.05) is 13.2 Å². The van der Waals surface area contributed by atoms with Crippen LogP contribution in [0.5, 0.6) is 0 Å². The monoisotopic (exact) mass is 326 g/mol. The maximum absolute atomic E-state index is 5.89. The van der Waals surface area contributed by atoms with Gasteiger partial charge >= 0.3 is 0 Å². The second-order valence-electron chi connectivity index (χ2n) is 8.24. The zero-order chi connectivity index (χ0) is 16.7. The van der Waals surface area contributed by atoms with E-state index in [1.165, 1.54) is 51.4 Å². The van der Waals surface area contributed by atoms with Crippen LogP contribution in [0.3, 0.4) is 0 Å². The molecule has 0 aliphatic carbocycles. The normalized spacial score (nSPS) is 33.4. The summed E-state index contributed by atoms with van der Waals surface area (Å²) in [5.74, 6) is 1.48. The van der Waals surface area contributed by atoms with Gasteiger partial charge in [0.25, 0.3) is 0 Å². The van der Waals surface area contributed by atoms with Crippen LogP contribution in [0.25, 0.3) is 0 Å². The second kappa shape index (κ2) is 9.39. The van der Waals surface area contributed by atoms with Crippen molar-refractivity contribution < 1.29 is 14.2 Å². The molecule has 23 heavy (non-hydrogen) atoms. The Morgan fingerprint density at radius 3 is 2.43 bits per heavy atom. The Kier molecular flexibility index (Phi) is 7.84. The van der Waals surface area contributed by atoms with Gasteiger partial charge < -0.3 is 14.2 Å². The fraction of sp³-hybridized carbons (Fsp3) is 1.00. The number of hydrogen-bond acceptors (Lipinski definition) is 3. The van der Waals surface area contributed by atoms with Gasteiger partial charge in [0, 0.05) is 6.61 Å². The summed E-state index contributed by atoms with van der Waals surface area (Å²) in [5, 5.41) is 0. The first-order valence-corrected chi connectivity index (χ1v) is 9.90.